The highest BCUT2D eigenvalue weighted by atomic mass is 79.9. The maximum Gasteiger partial charge on any atom is 0.418 e. The van der Waals surface area contributed by atoms with E-state index < -0.39 is 33.5 Å². The van der Waals surface area contributed by atoms with Crippen LogP contribution < -0.4 is 0 Å². The molecule has 0 aliphatic rings. The number of hydrogen-bond donors (Lipinski definition) is 0. The Morgan fingerprint density at radius 3 is 1.88 bits per heavy atom. The fraction of sp³-hybridized carbons (Fsp3) is 0.222. The van der Waals surface area contributed by atoms with Crippen LogP contribution in [0.3, 0.4) is 0 Å². The van der Waals surface area contributed by atoms with Crippen LogP contribution in [-0.4, -0.2) is 0 Å². The Labute approximate surface area is 99.8 Å². The third-order valence-electron chi connectivity index (χ3n) is 1.82. The van der Waals surface area contributed by atoms with Gasteiger partial charge in [-0.15, -0.1) is 0 Å². The standard InChI is InChI=1S/C9H2BrF6N/c10-6-2-5(8(11,12)13)1-4(3-17)7(6)9(14,15)16/h1-2H. The summed E-state index contributed by atoms with van der Waals surface area (Å²) in [6, 6.07) is 1.57. The highest BCUT2D eigenvalue weighted by Gasteiger charge is 2.39. The molecule has 0 aliphatic carbocycles. The summed E-state index contributed by atoms with van der Waals surface area (Å²) in [7, 11) is 0. The van der Waals surface area contributed by atoms with E-state index in [2.05, 4.69) is 15.9 Å². The molecule has 1 aromatic rings. The topological polar surface area (TPSA) is 23.8 Å². The van der Waals surface area contributed by atoms with Crippen LogP contribution in [0.25, 0.3) is 0 Å². The Balaban J connectivity index is 3.55. The second-order valence-corrected chi connectivity index (χ2v) is 3.84. The van der Waals surface area contributed by atoms with Crippen LogP contribution in [0.2, 0.25) is 0 Å². The predicted molar refractivity (Wildman–Crippen MR) is 48.9 cm³/mol. The highest BCUT2D eigenvalue weighted by molar-refractivity contribution is 9.10. The minimum atomic E-state index is -4.89. The Morgan fingerprint density at radius 1 is 1.00 bits per heavy atom. The molecule has 0 radical (unpaired) electrons. The maximum atomic E-state index is 12.5. The second-order valence-electron chi connectivity index (χ2n) is 2.99. The third kappa shape index (κ3) is 2.91. The first-order valence-corrected chi connectivity index (χ1v) is 4.74. The van der Waals surface area contributed by atoms with Crippen molar-refractivity contribution in [3.05, 3.63) is 33.3 Å². The van der Waals surface area contributed by atoms with Gasteiger partial charge in [0.2, 0.25) is 0 Å². The molecule has 0 spiro atoms. The van der Waals surface area contributed by atoms with E-state index in [0.29, 0.717) is 6.07 Å². The first kappa shape index (κ1) is 13.8. The van der Waals surface area contributed by atoms with Crippen LogP contribution in [0.5, 0.6) is 0 Å². The van der Waals surface area contributed by atoms with Crippen LogP contribution in [0.4, 0.5) is 26.3 Å². The molecule has 17 heavy (non-hydrogen) atoms. The summed E-state index contributed by atoms with van der Waals surface area (Å²) in [5, 5.41) is 8.46. The minimum Gasteiger partial charge on any atom is -0.192 e. The van der Waals surface area contributed by atoms with Gasteiger partial charge in [0.15, 0.2) is 0 Å². The zero-order valence-electron chi connectivity index (χ0n) is 7.75. The summed E-state index contributed by atoms with van der Waals surface area (Å²) in [5.41, 5.74) is -3.79. The lowest BCUT2D eigenvalue weighted by molar-refractivity contribution is -0.142. The molecule has 8 heteroatoms. The molecule has 0 amide bonds. The van der Waals surface area contributed by atoms with E-state index in [1.54, 1.807) is 0 Å². The van der Waals surface area contributed by atoms with E-state index in [9.17, 15) is 26.3 Å². The summed E-state index contributed by atoms with van der Waals surface area (Å²) in [6.07, 6.45) is -9.70. The third-order valence-corrected chi connectivity index (χ3v) is 2.45. The van der Waals surface area contributed by atoms with Crippen molar-refractivity contribution in [1.29, 1.82) is 5.26 Å². The molecule has 0 fully saturated rings. The monoisotopic (exact) mass is 317 g/mol. The second kappa shape index (κ2) is 4.22. The molecule has 1 rings (SSSR count). The van der Waals surface area contributed by atoms with Gasteiger partial charge in [-0.1, -0.05) is 15.9 Å². The van der Waals surface area contributed by atoms with Crippen molar-refractivity contribution in [3.63, 3.8) is 0 Å². The molecule has 0 unspecified atom stereocenters. The fourth-order valence-corrected chi connectivity index (χ4v) is 1.83. The largest absolute Gasteiger partial charge is 0.418 e. The minimum absolute atomic E-state index is 0.174. The number of rotatable bonds is 0. The average Bonchev–Trinajstić information content (AvgIpc) is 2.12. The fourth-order valence-electron chi connectivity index (χ4n) is 1.15. The molecule has 0 aliphatic heterocycles. The lowest BCUT2D eigenvalue weighted by atomic mass is 10.0. The van der Waals surface area contributed by atoms with E-state index in [1.807, 2.05) is 0 Å². The van der Waals surface area contributed by atoms with E-state index in [-0.39, 0.29) is 6.07 Å². The normalized spacial score (nSPS) is 12.4. The van der Waals surface area contributed by atoms with Crippen molar-refractivity contribution >= 4 is 15.9 Å². The van der Waals surface area contributed by atoms with Gasteiger partial charge in [-0.2, -0.15) is 31.6 Å². The summed E-state index contributed by atoms with van der Waals surface area (Å²) < 4.78 is 73.5. The molecule has 1 aromatic carbocycles. The van der Waals surface area contributed by atoms with Crippen LogP contribution >= 0.6 is 15.9 Å². The van der Waals surface area contributed by atoms with Crippen molar-refractivity contribution in [3.8, 4) is 6.07 Å². The zero-order valence-corrected chi connectivity index (χ0v) is 9.33. The molecule has 92 valence electrons. The number of halogens is 7. The molecule has 0 heterocycles. The first-order chi connectivity index (χ1) is 7.57. The van der Waals surface area contributed by atoms with Crippen molar-refractivity contribution < 1.29 is 26.3 Å². The van der Waals surface area contributed by atoms with Crippen LogP contribution in [0, 0.1) is 11.3 Å². The SMILES string of the molecule is N#Cc1cc(C(F)(F)F)cc(Br)c1C(F)(F)F. The quantitative estimate of drug-likeness (QED) is 0.652. The van der Waals surface area contributed by atoms with Crippen LogP contribution in [0.1, 0.15) is 16.7 Å². The molecule has 0 aromatic heterocycles. The molecular formula is C9H2BrF6N. The molecule has 0 atom stereocenters. The van der Waals surface area contributed by atoms with Gasteiger partial charge in [-0.3, -0.25) is 0 Å². The number of benzene rings is 1. The van der Waals surface area contributed by atoms with Crippen molar-refractivity contribution in [1.82, 2.24) is 0 Å². The van der Waals surface area contributed by atoms with Crippen molar-refractivity contribution in [2.24, 2.45) is 0 Å². The molecule has 0 saturated heterocycles. The number of alkyl halides is 6. The summed E-state index contributed by atoms with van der Waals surface area (Å²) >= 11 is 2.40. The van der Waals surface area contributed by atoms with E-state index in [0.717, 1.165) is 6.07 Å². The van der Waals surface area contributed by atoms with Gasteiger partial charge in [0.1, 0.15) is 0 Å². The van der Waals surface area contributed by atoms with Gasteiger partial charge >= 0.3 is 12.4 Å². The van der Waals surface area contributed by atoms with Gasteiger partial charge < -0.3 is 0 Å². The number of hydrogen-bond acceptors (Lipinski definition) is 1. The lowest BCUT2D eigenvalue weighted by Gasteiger charge is -2.14. The Morgan fingerprint density at radius 2 is 1.53 bits per heavy atom. The molecule has 0 N–H and O–H groups in total. The van der Waals surface area contributed by atoms with Crippen molar-refractivity contribution in [2.45, 2.75) is 12.4 Å². The van der Waals surface area contributed by atoms with E-state index >= 15 is 0 Å². The molecular weight excluding hydrogens is 316 g/mol. The van der Waals surface area contributed by atoms with E-state index in [4.69, 9.17) is 5.26 Å². The summed E-state index contributed by atoms with van der Waals surface area (Å²) in [5.74, 6) is 0. The number of nitriles is 1. The smallest absolute Gasteiger partial charge is 0.192 e. The molecule has 0 saturated carbocycles. The Kier molecular flexibility index (Phi) is 3.43. The van der Waals surface area contributed by atoms with Gasteiger partial charge in [0.25, 0.3) is 0 Å². The zero-order chi connectivity index (χ0) is 13.4. The summed E-state index contributed by atoms with van der Waals surface area (Å²) in [4.78, 5) is 0. The Bertz CT molecular complexity index is 482. The van der Waals surface area contributed by atoms with E-state index in [1.165, 1.54) is 0 Å². The van der Waals surface area contributed by atoms with Crippen LogP contribution in [0.15, 0.2) is 16.6 Å². The van der Waals surface area contributed by atoms with Gasteiger partial charge in [0.05, 0.1) is 22.8 Å². The van der Waals surface area contributed by atoms with Crippen molar-refractivity contribution in [2.75, 3.05) is 0 Å². The number of nitrogens with zero attached hydrogens (tertiary/aromatic N) is 1. The molecule has 1 nitrogen and oxygen atoms in total. The van der Waals surface area contributed by atoms with Gasteiger partial charge in [-0.25, -0.2) is 0 Å². The van der Waals surface area contributed by atoms with Gasteiger partial charge in [-0.05, 0) is 12.1 Å². The first-order valence-electron chi connectivity index (χ1n) is 3.95. The summed E-state index contributed by atoms with van der Waals surface area (Å²) in [6.45, 7) is 0. The van der Waals surface area contributed by atoms with Gasteiger partial charge in [0, 0.05) is 4.47 Å². The van der Waals surface area contributed by atoms with Crippen LogP contribution in [-0.2, 0) is 12.4 Å². The lowest BCUT2D eigenvalue weighted by Crippen LogP contribution is -2.12. The Hall–Kier alpha value is -1.23. The average molecular weight is 318 g/mol. The maximum absolute atomic E-state index is 12.5. The predicted octanol–water partition coefficient (Wildman–Crippen LogP) is 4.36. The highest BCUT2D eigenvalue weighted by Crippen LogP contribution is 2.40. The molecule has 0 bridgehead atoms.